The van der Waals surface area contributed by atoms with E-state index in [0.717, 1.165) is 17.8 Å². The molecule has 0 saturated heterocycles. The van der Waals surface area contributed by atoms with Crippen LogP contribution in [0.1, 0.15) is 42.4 Å². The SMILES string of the molecule is CCc1cccc(C)c1Nc1ccnc(C(=O)NCC(C)C)c1. The van der Waals surface area contributed by atoms with E-state index in [1.165, 1.54) is 11.1 Å². The van der Waals surface area contributed by atoms with Crippen LogP contribution in [0.2, 0.25) is 0 Å². The molecule has 2 N–H and O–H groups in total. The molecule has 1 aromatic carbocycles. The summed E-state index contributed by atoms with van der Waals surface area (Å²) in [5, 5.41) is 6.33. The zero-order chi connectivity index (χ0) is 16.8. The Kier molecular flexibility index (Phi) is 5.74. The number of amides is 1. The highest BCUT2D eigenvalue weighted by Crippen LogP contribution is 2.25. The molecule has 0 fully saturated rings. The molecule has 0 bridgehead atoms. The van der Waals surface area contributed by atoms with Crippen molar-refractivity contribution in [2.45, 2.75) is 34.1 Å². The molecule has 0 unspecified atom stereocenters. The molecular formula is C19H25N3O. The Labute approximate surface area is 138 Å². The Morgan fingerprint density at radius 1 is 1.26 bits per heavy atom. The van der Waals surface area contributed by atoms with E-state index in [9.17, 15) is 4.79 Å². The van der Waals surface area contributed by atoms with Gasteiger partial charge in [-0.2, -0.15) is 0 Å². The van der Waals surface area contributed by atoms with Gasteiger partial charge in [0.05, 0.1) is 0 Å². The predicted molar refractivity (Wildman–Crippen MR) is 95.2 cm³/mol. The molecule has 4 nitrogen and oxygen atoms in total. The zero-order valence-corrected chi connectivity index (χ0v) is 14.3. The number of rotatable bonds is 6. The molecule has 0 atom stereocenters. The number of carbonyl (C=O) groups excluding carboxylic acids is 1. The Morgan fingerprint density at radius 3 is 2.74 bits per heavy atom. The summed E-state index contributed by atoms with van der Waals surface area (Å²) in [6.07, 6.45) is 2.62. The van der Waals surface area contributed by atoms with Crippen LogP contribution in [-0.4, -0.2) is 17.4 Å². The Bertz CT molecular complexity index is 680. The predicted octanol–water partition coefficient (Wildman–Crippen LogP) is 4.08. The van der Waals surface area contributed by atoms with Crippen molar-refractivity contribution in [2.24, 2.45) is 5.92 Å². The summed E-state index contributed by atoms with van der Waals surface area (Å²) in [5.74, 6) is 0.280. The van der Waals surface area contributed by atoms with Gasteiger partial charge in [0.1, 0.15) is 5.69 Å². The van der Waals surface area contributed by atoms with E-state index in [2.05, 4.69) is 61.5 Å². The summed E-state index contributed by atoms with van der Waals surface area (Å²) in [4.78, 5) is 16.3. The van der Waals surface area contributed by atoms with Crippen molar-refractivity contribution in [1.82, 2.24) is 10.3 Å². The number of hydrogen-bond acceptors (Lipinski definition) is 3. The smallest absolute Gasteiger partial charge is 0.269 e. The first-order chi connectivity index (χ1) is 11.0. The van der Waals surface area contributed by atoms with Crippen molar-refractivity contribution in [3.8, 4) is 0 Å². The first-order valence-electron chi connectivity index (χ1n) is 8.11. The van der Waals surface area contributed by atoms with E-state index < -0.39 is 0 Å². The van der Waals surface area contributed by atoms with Crippen LogP contribution in [0.5, 0.6) is 0 Å². The maximum absolute atomic E-state index is 12.1. The average molecular weight is 311 g/mol. The molecular weight excluding hydrogens is 286 g/mol. The number of nitrogens with zero attached hydrogens (tertiary/aromatic N) is 1. The number of nitrogens with one attached hydrogen (secondary N) is 2. The van der Waals surface area contributed by atoms with Crippen molar-refractivity contribution < 1.29 is 4.79 Å². The summed E-state index contributed by atoms with van der Waals surface area (Å²) >= 11 is 0. The van der Waals surface area contributed by atoms with E-state index in [4.69, 9.17) is 0 Å². The van der Waals surface area contributed by atoms with Crippen LogP contribution in [0.25, 0.3) is 0 Å². The van der Waals surface area contributed by atoms with E-state index in [-0.39, 0.29) is 5.91 Å². The third kappa shape index (κ3) is 4.55. The van der Waals surface area contributed by atoms with Crippen LogP contribution < -0.4 is 10.6 Å². The summed E-state index contributed by atoms with van der Waals surface area (Å²) < 4.78 is 0. The van der Waals surface area contributed by atoms with Crippen LogP contribution in [0.3, 0.4) is 0 Å². The van der Waals surface area contributed by atoms with Gasteiger partial charge in [0.15, 0.2) is 0 Å². The van der Waals surface area contributed by atoms with Gasteiger partial charge in [-0.3, -0.25) is 9.78 Å². The van der Waals surface area contributed by atoms with Gasteiger partial charge in [-0.25, -0.2) is 0 Å². The molecule has 4 heteroatoms. The first-order valence-corrected chi connectivity index (χ1v) is 8.11. The average Bonchev–Trinajstić information content (AvgIpc) is 2.54. The maximum Gasteiger partial charge on any atom is 0.269 e. The number of benzene rings is 1. The van der Waals surface area contributed by atoms with E-state index in [1.54, 1.807) is 12.3 Å². The number of pyridine rings is 1. The Morgan fingerprint density at radius 2 is 2.04 bits per heavy atom. The minimum Gasteiger partial charge on any atom is -0.355 e. The van der Waals surface area contributed by atoms with E-state index >= 15 is 0 Å². The molecule has 1 amide bonds. The van der Waals surface area contributed by atoms with Crippen molar-refractivity contribution in [1.29, 1.82) is 0 Å². The van der Waals surface area contributed by atoms with Gasteiger partial charge < -0.3 is 10.6 Å². The van der Waals surface area contributed by atoms with Crippen LogP contribution >= 0.6 is 0 Å². The lowest BCUT2D eigenvalue weighted by Gasteiger charge is -2.14. The maximum atomic E-state index is 12.1. The van der Waals surface area contributed by atoms with Gasteiger partial charge in [-0.05, 0) is 42.5 Å². The zero-order valence-electron chi connectivity index (χ0n) is 14.3. The fourth-order valence-corrected chi connectivity index (χ4v) is 2.37. The number of aromatic nitrogens is 1. The van der Waals surface area contributed by atoms with Gasteiger partial charge in [0.2, 0.25) is 0 Å². The molecule has 2 rings (SSSR count). The lowest BCUT2D eigenvalue weighted by atomic mass is 10.1. The standard InChI is InChI=1S/C19H25N3O/c1-5-15-8-6-7-14(4)18(15)22-16-9-10-20-17(11-16)19(23)21-12-13(2)3/h6-11,13H,5,12H2,1-4H3,(H,20,22)(H,21,23). The molecule has 0 spiro atoms. The Balaban J connectivity index is 2.19. The normalized spacial score (nSPS) is 10.7. The van der Waals surface area contributed by atoms with Crippen LogP contribution in [-0.2, 0) is 6.42 Å². The van der Waals surface area contributed by atoms with Crippen LogP contribution in [0.15, 0.2) is 36.5 Å². The monoisotopic (exact) mass is 311 g/mol. The molecule has 1 aromatic heterocycles. The molecule has 23 heavy (non-hydrogen) atoms. The Hall–Kier alpha value is -2.36. The molecule has 2 aromatic rings. The van der Waals surface area contributed by atoms with E-state index in [1.807, 2.05) is 6.07 Å². The van der Waals surface area contributed by atoms with Gasteiger partial charge >= 0.3 is 0 Å². The minimum atomic E-state index is -0.136. The number of carbonyl (C=O) groups is 1. The van der Waals surface area contributed by atoms with Crippen molar-refractivity contribution in [3.63, 3.8) is 0 Å². The highest BCUT2D eigenvalue weighted by Gasteiger charge is 2.10. The number of hydrogen-bond donors (Lipinski definition) is 2. The van der Waals surface area contributed by atoms with Crippen LogP contribution in [0.4, 0.5) is 11.4 Å². The minimum absolute atomic E-state index is 0.136. The van der Waals surface area contributed by atoms with Gasteiger partial charge in [0, 0.05) is 24.1 Å². The van der Waals surface area contributed by atoms with Crippen LogP contribution in [0, 0.1) is 12.8 Å². The summed E-state index contributed by atoms with van der Waals surface area (Å²) in [7, 11) is 0. The molecule has 0 aliphatic rings. The van der Waals surface area contributed by atoms with Crippen molar-refractivity contribution in [2.75, 3.05) is 11.9 Å². The van der Waals surface area contributed by atoms with Crippen molar-refractivity contribution >= 4 is 17.3 Å². The fourth-order valence-electron chi connectivity index (χ4n) is 2.37. The molecule has 0 saturated carbocycles. The fraction of sp³-hybridized carbons (Fsp3) is 0.368. The molecule has 1 heterocycles. The second-order valence-corrected chi connectivity index (χ2v) is 6.12. The largest absolute Gasteiger partial charge is 0.355 e. The first kappa shape index (κ1) is 17.0. The second kappa shape index (κ2) is 7.77. The van der Waals surface area contributed by atoms with Gasteiger partial charge in [-0.1, -0.05) is 39.0 Å². The highest BCUT2D eigenvalue weighted by atomic mass is 16.1. The summed E-state index contributed by atoms with van der Waals surface area (Å²) in [6, 6.07) is 9.94. The lowest BCUT2D eigenvalue weighted by molar-refractivity contribution is 0.0944. The van der Waals surface area contributed by atoms with Crippen molar-refractivity contribution in [3.05, 3.63) is 53.3 Å². The highest BCUT2D eigenvalue weighted by molar-refractivity contribution is 5.93. The number of para-hydroxylation sites is 1. The topological polar surface area (TPSA) is 54.0 Å². The third-order valence-corrected chi connectivity index (χ3v) is 3.67. The molecule has 0 aliphatic heterocycles. The second-order valence-electron chi connectivity index (χ2n) is 6.12. The summed E-state index contributed by atoms with van der Waals surface area (Å²) in [6.45, 7) is 9.00. The quantitative estimate of drug-likeness (QED) is 0.845. The molecule has 122 valence electrons. The molecule has 0 radical (unpaired) electrons. The third-order valence-electron chi connectivity index (χ3n) is 3.67. The summed E-state index contributed by atoms with van der Waals surface area (Å²) in [5.41, 5.74) is 4.86. The lowest BCUT2D eigenvalue weighted by Crippen LogP contribution is -2.28. The number of anilines is 2. The molecule has 0 aliphatic carbocycles. The van der Waals surface area contributed by atoms with E-state index in [0.29, 0.717) is 18.2 Å². The van der Waals surface area contributed by atoms with Gasteiger partial charge in [-0.15, -0.1) is 0 Å². The van der Waals surface area contributed by atoms with Gasteiger partial charge in [0.25, 0.3) is 5.91 Å². The number of aryl methyl sites for hydroxylation is 2.